The van der Waals surface area contributed by atoms with Gasteiger partial charge >= 0.3 is 0 Å². The summed E-state index contributed by atoms with van der Waals surface area (Å²) in [6.45, 7) is 0.422. The Balaban J connectivity index is 2.14. The summed E-state index contributed by atoms with van der Waals surface area (Å²) in [5, 5.41) is 0. The first-order valence-corrected chi connectivity index (χ1v) is 9.60. The third-order valence-corrected chi connectivity index (χ3v) is 7.73. The molecule has 0 atom stereocenters. The van der Waals surface area contributed by atoms with Crippen LogP contribution in [0.25, 0.3) is 0 Å². The number of nitrogens with two attached hydrogens (primary N) is 1. The fourth-order valence-electron chi connectivity index (χ4n) is 2.31. The van der Waals surface area contributed by atoms with E-state index in [2.05, 4.69) is 31.9 Å². The van der Waals surface area contributed by atoms with Gasteiger partial charge in [0.1, 0.15) is 4.90 Å². The first kappa shape index (κ1) is 14.4. The SMILES string of the molecule is Nc1cccc2c1N(S(=O)(=O)c1cc(Br)sc1Br)CC2. The number of nitrogen functional groups attached to an aromatic ring is 1. The van der Waals surface area contributed by atoms with Crippen molar-refractivity contribution >= 4 is 64.6 Å². The van der Waals surface area contributed by atoms with Crippen molar-refractivity contribution in [2.75, 3.05) is 16.6 Å². The van der Waals surface area contributed by atoms with Gasteiger partial charge in [0.2, 0.25) is 0 Å². The molecule has 4 nitrogen and oxygen atoms in total. The second-order valence-electron chi connectivity index (χ2n) is 4.37. The smallest absolute Gasteiger partial charge is 0.266 e. The average molecular weight is 438 g/mol. The lowest BCUT2D eigenvalue weighted by atomic mass is 10.1. The van der Waals surface area contributed by atoms with E-state index in [0.29, 0.717) is 28.1 Å². The number of fused-ring (bicyclic) bond motifs is 1. The molecule has 0 bridgehead atoms. The van der Waals surface area contributed by atoms with Gasteiger partial charge in [0.25, 0.3) is 10.0 Å². The van der Waals surface area contributed by atoms with Gasteiger partial charge in [0, 0.05) is 6.54 Å². The molecule has 3 rings (SSSR count). The van der Waals surface area contributed by atoms with Crippen molar-refractivity contribution in [2.45, 2.75) is 11.3 Å². The molecule has 1 aromatic heterocycles. The number of sulfonamides is 1. The normalized spacial score (nSPS) is 14.6. The van der Waals surface area contributed by atoms with Gasteiger partial charge in [-0.3, -0.25) is 4.31 Å². The van der Waals surface area contributed by atoms with Crippen LogP contribution in [0.5, 0.6) is 0 Å². The summed E-state index contributed by atoms with van der Waals surface area (Å²) in [6.07, 6.45) is 0.683. The predicted molar refractivity (Wildman–Crippen MR) is 88.8 cm³/mol. The lowest BCUT2D eigenvalue weighted by Crippen LogP contribution is -2.29. The second-order valence-corrected chi connectivity index (χ2v) is 9.95. The molecule has 1 aliphatic rings. The molecule has 0 unspecified atom stereocenters. The fourth-order valence-corrected chi connectivity index (χ4v) is 7.60. The Morgan fingerprint density at radius 1 is 1.30 bits per heavy atom. The number of para-hydroxylation sites is 1. The molecule has 2 aromatic rings. The Kier molecular flexibility index (Phi) is 3.60. The van der Waals surface area contributed by atoms with E-state index in [0.717, 1.165) is 9.35 Å². The van der Waals surface area contributed by atoms with E-state index >= 15 is 0 Å². The van der Waals surface area contributed by atoms with Crippen LogP contribution in [0.1, 0.15) is 5.56 Å². The number of hydrogen-bond donors (Lipinski definition) is 1. The molecule has 1 aromatic carbocycles. The van der Waals surface area contributed by atoms with Gasteiger partial charge in [-0.1, -0.05) is 12.1 Å². The molecule has 0 saturated carbocycles. The highest BCUT2D eigenvalue weighted by atomic mass is 79.9. The lowest BCUT2D eigenvalue weighted by molar-refractivity contribution is 0.592. The van der Waals surface area contributed by atoms with Gasteiger partial charge in [-0.15, -0.1) is 11.3 Å². The summed E-state index contributed by atoms with van der Waals surface area (Å²) in [6, 6.07) is 7.10. The van der Waals surface area contributed by atoms with Crippen molar-refractivity contribution < 1.29 is 8.42 Å². The molecule has 0 aliphatic carbocycles. The van der Waals surface area contributed by atoms with Crippen LogP contribution in [0.15, 0.2) is 36.7 Å². The van der Waals surface area contributed by atoms with Crippen LogP contribution in [0, 0.1) is 0 Å². The Bertz CT molecular complexity index is 787. The van der Waals surface area contributed by atoms with Gasteiger partial charge in [0.15, 0.2) is 0 Å². The Morgan fingerprint density at radius 2 is 2.05 bits per heavy atom. The Morgan fingerprint density at radius 3 is 2.70 bits per heavy atom. The molecule has 0 fully saturated rings. The average Bonchev–Trinajstić information content (AvgIpc) is 2.94. The molecule has 2 N–H and O–H groups in total. The number of rotatable bonds is 2. The third-order valence-electron chi connectivity index (χ3n) is 3.18. The first-order valence-electron chi connectivity index (χ1n) is 5.76. The first-order chi connectivity index (χ1) is 9.41. The maximum atomic E-state index is 12.8. The lowest BCUT2D eigenvalue weighted by Gasteiger charge is -2.20. The number of anilines is 2. The molecule has 20 heavy (non-hydrogen) atoms. The highest BCUT2D eigenvalue weighted by Crippen LogP contribution is 2.41. The summed E-state index contributed by atoms with van der Waals surface area (Å²) >= 11 is 7.96. The fraction of sp³-hybridized carbons (Fsp3) is 0.167. The van der Waals surface area contributed by atoms with Crippen molar-refractivity contribution in [1.29, 1.82) is 0 Å². The van der Waals surface area contributed by atoms with E-state index in [-0.39, 0.29) is 4.90 Å². The molecule has 2 heterocycles. The van der Waals surface area contributed by atoms with Crippen LogP contribution in [0.3, 0.4) is 0 Å². The summed E-state index contributed by atoms with van der Waals surface area (Å²) in [5.41, 5.74) is 8.03. The minimum atomic E-state index is -3.60. The molecule has 0 amide bonds. The van der Waals surface area contributed by atoms with Crippen LogP contribution in [-0.2, 0) is 16.4 Å². The predicted octanol–water partition coefficient (Wildman–Crippen LogP) is 3.61. The molecular formula is C12H10Br2N2O2S2. The zero-order valence-electron chi connectivity index (χ0n) is 10.1. The largest absolute Gasteiger partial charge is 0.397 e. The van der Waals surface area contributed by atoms with Gasteiger partial charge in [-0.05, 0) is 56.0 Å². The Hall–Kier alpha value is -0.570. The van der Waals surface area contributed by atoms with E-state index in [1.807, 2.05) is 12.1 Å². The summed E-state index contributed by atoms with van der Waals surface area (Å²) in [5.74, 6) is 0. The van der Waals surface area contributed by atoms with Crippen LogP contribution >= 0.6 is 43.2 Å². The standard InChI is InChI=1S/C12H10Br2N2O2S2/c13-10-6-9(12(14)19-10)20(17,18)16-5-4-7-2-1-3-8(15)11(7)16/h1-3,6H,4-5,15H2. The van der Waals surface area contributed by atoms with Gasteiger partial charge in [-0.25, -0.2) is 8.42 Å². The van der Waals surface area contributed by atoms with Crippen LogP contribution < -0.4 is 10.0 Å². The Labute approximate surface area is 137 Å². The molecule has 0 radical (unpaired) electrons. The summed E-state index contributed by atoms with van der Waals surface area (Å²) < 4.78 is 28.4. The number of benzene rings is 1. The molecule has 106 valence electrons. The minimum absolute atomic E-state index is 0.269. The van der Waals surface area contributed by atoms with Gasteiger partial charge in [0.05, 0.1) is 18.9 Å². The number of halogens is 2. The topological polar surface area (TPSA) is 63.4 Å². The highest BCUT2D eigenvalue weighted by Gasteiger charge is 2.34. The number of thiophene rings is 1. The minimum Gasteiger partial charge on any atom is -0.397 e. The maximum Gasteiger partial charge on any atom is 0.266 e. The molecular weight excluding hydrogens is 428 g/mol. The monoisotopic (exact) mass is 436 g/mol. The van der Waals surface area contributed by atoms with Crippen LogP contribution in [-0.4, -0.2) is 15.0 Å². The summed E-state index contributed by atoms with van der Waals surface area (Å²) in [4.78, 5) is 0.269. The van der Waals surface area contributed by atoms with Crippen LogP contribution in [0.2, 0.25) is 0 Å². The van der Waals surface area contributed by atoms with Gasteiger partial charge < -0.3 is 5.73 Å². The van der Waals surface area contributed by atoms with Gasteiger partial charge in [-0.2, -0.15) is 0 Å². The van der Waals surface area contributed by atoms with Crippen molar-refractivity contribution in [1.82, 2.24) is 0 Å². The molecule has 0 spiro atoms. The van der Waals surface area contributed by atoms with E-state index < -0.39 is 10.0 Å². The van der Waals surface area contributed by atoms with E-state index in [1.54, 1.807) is 12.1 Å². The second kappa shape index (κ2) is 5.01. The van der Waals surface area contributed by atoms with Crippen molar-refractivity contribution in [3.63, 3.8) is 0 Å². The third kappa shape index (κ3) is 2.18. The number of hydrogen-bond acceptors (Lipinski definition) is 4. The van der Waals surface area contributed by atoms with Crippen molar-refractivity contribution in [3.05, 3.63) is 37.4 Å². The van der Waals surface area contributed by atoms with Crippen molar-refractivity contribution in [2.24, 2.45) is 0 Å². The zero-order valence-corrected chi connectivity index (χ0v) is 14.9. The quantitative estimate of drug-likeness (QED) is 0.730. The molecule has 0 saturated heterocycles. The highest BCUT2D eigenvalue weighted by molar-refractivity contribution is 9.12. The number of nitrogens with zero attached hydrogens (tertiary/aromatic N) is 1. The van der Waals surface area contributed by atoms with E-state index in [4.69, 9.17) is 5.73 Å². The van der Waals surface area contributed by atoms with E-state index in [1.165, 1.54) is 15.6 Å². The van der Waals surface area contributed by atoms with Crippen molar-refractivity contribution in [3.8, 4) is 0 Å². The summed E-state index contributed by atoms with van der Waals surface area (Å²) in [7, 11) is -3.60. The zero-order chi connectivity index (χ0) is 14.5. The van der Waals surface area contributed by atoms with E-state index in [9.17, 15) is 8.42 Å². The molecule has 1 aliphatic heterocycles. The molecule has 8 heteroatoms. The van der Waals surface area contributed by atoms with Crippen LogP contribution in [0.4, 0.5) is 11.4 Å². The maximum absolute atomic E-state index is 12.8.